The standard InChI is InChI=1S/C7H12.C3H9N/c1-2-4-6-7-5-3-1;1-2-3-4/h1-2H,3-7H2;2-4H2,1H3. The molecule has 0 bridgehead atoms. The summed E-state index contributed by atoms with van der Waals surface area (Å²) in [7, 11) is 0. The lowest BCUT2D eigenvalue weighted by Crippen LogP contribution is -1.93. The van der Waals surface area contributed by atoms with Gasteiger partial charge < -0.3 is 5.73 Å². The summed E-state index contributed by atoms with van der Waals surface area (Å²) in [6.45, 7) is 2.88. The molecule has 1 aliphatic carbocycles. The van der Waals surface area contributed by atoms with E-state index < -0.39 is 0 Å². The van der Waals surface area contributed by atoms with Gasteiger partial charge in [0.1, 0.15) is 0 Å². The second-order valence-electron chi connectivity index (χ2n) is 2.90. The third-order valence-corrected chi connectivity index (χ3v) is 1.70. The predicted molar refractivity (Wildman–Crippen MR) is 51.6 cm³/mol. The molecule has 0 saturated carbocycles. The molecule has 0 fully saturated rings. The average Bonchev–Trinajstić information content (AvgIpc) is 2.35. The van der Waals surface area contributed by atoms with Gasteiger partial charge in [0.2, 0.25) is 0 Å². The largest absolute Gasteiger partial charge is 0.330 e. The van der Waals surface area contributed by atoms with Crippen LogP contribution in [0.25, 0.3) is 0 Å². The van der Waals surface area contributed by atoms with Crippen molar-refractivity contribution >= 4 is 0 Å². The third-order valence-electron chi connectivity index (χ3n) is 1.70. The molecule has 0 unspecified atom stereocenters. The van der Waals surface area contributed by atoms with Crippen LogP contribution in [0, 0.1) is 0 Å². The van der Waals surface area contributed by atoms with Gasteiger partial charge in [-0.1, -0.05) is 25.5 Å². The fourth-order valence-corrected chi connectivity index (χ4v) is 0.937. The topological polar surface area (TPSA) is 26.0 Å². The zero-order chi connectivity index (χ0) is 8.36. The number of rotatable bonds is 1. The van der Waals surface area contributed by atoms with Crippen LogP contribution >= 0.6 is 0 Å². The van der Waals surface area contributed by atoms with Gasteiger partial charge in [0.25, 0.3) is 0 Å². The first-order valence-corrected chi connectivity index (χ1v) is 4.77. The van der Waals surface area contributed by atoms with Crippen LogP contribution in [0.5, 0.6) is 0 Å². The molecule has 0 radical (unpaired) electrons. The number of nitrogens with two attached hydrogens (primary N) is 1. The maximum absolute atomic E-state index is 5.03. The first kappa shape index (κ1) is 10.7. The Balaban J connectivity index is 0.000000218. The molecule has 1 rings (SSSR count). The molecule has 0 aromatic carbocycles. The van der Waals surface area contributed by atoms with Gasteiger partial charge in [0, 0.05) is 0 Å². The average molecular weight is 155 g/mol. The maximum atomic E-state index is 5.03. The van der Waals surface area contributed by atoms with Gasteiger partial charge in [0.15, 0.2) is 0 Å². The molecule has 0 spiro atoms. The van der Waals surface area contributed by atoms with E-state index in [-0.39, 0.29) is 0 Å². The summed E-state index contributed by atoms with van der Waals surface area (Å²) in [5, 5.41) is 0. The van der Waals surface area contributed by atoms with Crippen LogP contribution in [0.3, 0.4) is 0 Å². The molecule has 0 atom stereocenters. The van der Waals surface area contributed by atoms with Crippen molar-refractivity contribution in [2.75, 3.05) is 6.54 Å². The van der Waals surface area contributed by atoms with E-state index in [1.807, 2.05) is 0 Å². The van der Waals surface area contributed by atoms with Crippen molar-refractivity contribution in [2.45, 2.75) is 45.4 Å². The Morgan fingerprint density at radius 3 is 1.91 bits per heavy atom. The molecule has 0 saturated heterocycles. The Hall–Kier alpha value is -0.300. The fraction of sp³-hybridized carbons (Fsp3) is 0.800. The Morgan fingerprint density at radius 2 is 1.55 bits per heavy atom. The fourth-order valence-electron chi connectivity index (χ4n) is 0.937. The van der Waals surface area contributed by atoms with E-state index in [9.17, 15) is 0 Å². The van der Waals surface area contributed by atoms with Crippen molar-refractivity contribution in [3.63, 3.8) is 0 Å². The lowest BCUT2D eigenvalue weighted by atomic mass is 10.2. The van der Waals surface area contributed by atoms with Crippen molar-refractivity contribution in [3.05, 3.63) is 12.2 Å². The second kappa shape index (κ2) is 9.70. The van der Waals surface area contributed by atoms with E-state index in [2.05, 4.69) is 19.1 Å². The van der Waals surface area contributed by atoms with Crippen molar-refractivity contribution in [2.24, 2.45) is 5.73 Å². The van der Waals surface area contributed by atoms with Crippen molar-refractivity contribution in [3.8, 4) is 0 Å². The van der Waals surface area contributed by atoms with Gasteiger partial charge >= 0.3 is 0 Å². The molecule has 0 aliphatic heterocycles. The van der Waals surface area contributed by atoms with Gasteiger partial charge in [0.05, 0.1) is 0 Å². The van der Waals surface area contributed by atoms with Crippen LogP contribution in [0.4, 0.5) is 0 Å². The Bertz CT molecular complexity index is 76.9. The highest BCUT2D eigenvalue weighted by Crippen LogP contribution is 2.08. The van der Waals surface area contributed by atoms with Crippen LogP contribution in [0.15, 0.2) is 12.2 Å². The van der Waals surface area contributed by atoms with Gasteiger partial charge in [-0.3, -0.25) is 0 Å². The minimum absolute atomic E-state index is 0.819. The number of hydrogen-bond donors (Lipinski definition) is 1. The van der Waals surface area contributed by atoms with E-state index >= 15 is 0 Å². The van der Waals surface area contributed by atoms with Crippen molar-refractivity contribution in [1.29, 1.82) is 0 Å². The van der Waals surface area contributed by atoms with Gasteiger partial charge in [-0.25, -0.2) is 0 Å². The number of allylic oxidation sites excluding steroid dienone is 2. The molecule has 0 aromatic heterocycles. The molecule has 0 aromatic rings. The third kappa shape index (κ3) is 9.70. The predicted octanol–water partition coefficient (Wildman–Crippen LogP) is 2.86. The molecule has 11 heavy (non-hydrogen) atoms. The van der Waals surface area contributed by atoms with E-state index in [1.165, 1.54) is 32.1 Å². The maximum Gasteiger partial charge on any atom is -0.00799 e. The van der Waals surface area contributed by atoms with Crippen LogP contribution in [0.2, 0.25) is 0 Å². The molecule has 2 N–H and O–H groups in total. The summed E-state index contributed by atoms with van der Waals surface area (Å²) in [5.74, 6) is 0. The number of hydrogen-bond acceptors (Lipinski definition) is 1. The van der Waals surface area contributed by atoms with Crippen LogP contribution in [0.1, 0.15) is 45.4 Å². The van der Waals surface area contributed by atoms with E-state index in [4.69, 9.17) is 5.73 Å². The van der Waals surface area contributed by atoms with Crippen molar-refractivity contribution in [1.82, 2.24) is 0 Å². The highest BCUT2D eigenvalue weighted by atomic mass is 14.5. The Kier molecular flexibility index (Phi) is 9.44. The van der Waals surface area contributed by atoms with Crippen LogP contribution in [-0.2, 0) is 0 Å². The minimum Gasteiger partial charge on any atom is -0.330 e. The summed E-state index contributed by atoms with van der Waals surface area (Å²) < 4.78 is 0. The van der Waals surface area contributed by atoms with E-state index in [0.717, 1.165) is 13.0 Å². The first-order valence-electron chi connectivity index (χ1n) is 4.77. The molecule has 0 heterocycles. The lowest BCUT2D eigenvalue weighted by Gasteiger charge is -1.86. The highest BCUT2D eigenvalue weighted by molar-refractivity contribution is 4.83. The van der Waals surface area contributed by atoms with E-state index in [1.54, 1.807) is 0 Å². The summed E-state index contributed by atoms with van der Waals surface area (Å²) in [6.07, 6.45) is 12.6. The van der Waals surface area contributed by atoms with Crippen molar-refractivity contribution < 1.29 is 0 Å². The normalized spacial score (nSPS) is 16.5. The second-order valence-corrected chi connectivity index (χ2v) is 2.90. The van der Waals surface area contributed by atoms with Crippen LogP contribution in [-0.4, -0.2) is 6.54 Å². The summed E-state index contributed by atoms with van der Waals surface area (Å²) in [5.41, 5.74) is 5.03. The molecule has 1 aliphatic rings. The Morgan fingerprint density at radius 1 is 1.09 bits per heavy atom. The molecule has 1 nitrogen and oxygen atoms in total. The lowest BCUT2D eigenvalue weighted by molar-refractivity contribution is 0.718. The molecular weight excluding hydrogens is 134 g/mol. The van der Waals surface area contributed by atoms with Gasteiger partial charge in [-0.2, -0.15) is 0 Å². The first-order chi connectivity index (χ1) is 5.41. The van der Waals surface area contributed by atoms with Gasteiger partial charge in [-0.15, -0.1) is 0 Å². The zero-order valence-corrected chi connectivity index (χ0v) is 7.68. The highest BCUT2D eigenvalue weighted by Gasteiger charge is 1.88. The molecule has 1 heteroatoms. The Labute approximate surface area is 70.7 Å². The monoisotopic (exact) mass is 155 g/mol. The summed E-state index contributed by atoms with van der Waals surface area (Å²) in [4.78, 5) is 0. The summed E-state index contributed by atoms with van der Waals surface area (Å²) >= 11 is 0. The van der Waals surface area contributed by atoms with Gasteiger partial charge in [-0.05, 0) is 38.6 Å². The summed E-state index contributed by atoms with van der Waals surface area (Å²) in [6, 6.07) is 0. The SMILES string of the molecule is C1=CCCCCC1.CCCN. The van der Waals surface area contributed by atoms with Crippen LogP contribution < -0.4 is 5.73 Å². The quantitative estimate of drug-likeness (QED) is 0.579. The molecule has 66 valence electrons. The molecule has 0 amide bonds. The smallest absolute Gasteiger partial charge is 0.00799 e. The van der Waals surface area contributed by atoms with E-state index in [0.29, 0.717) is 0 Å². The minimum atomic E-state index is 0.819. The zero-order valence-electron chi connectivity index (χ0n) is 7.68. The molecular formula is C10H21N.